The monoisotopic (exact) mass is 365 g/mol. The summed E-state index contributed by atoms with van der Waals surface area (Å²) in [6.07, 6.45) is 9.04. The third-order valence-electron chi connectivity index (χ3n) is 7.76. The van der Waals surface area contributed by atoms with Crippen LogP contribution < -0.4 is 0 Å². The summed E-state index contributed by atoms with van der Waals surface area (Å²) in [6, 6.07) is 6.48. The van der Waals surface area contributed by atoms with E-state index in [4.69, 9.17) is 0 Å². The summed E-state index contributed by atoms with van der Waals surface area (Å²) >= 11 is 0. The van der Waals surface area contributed by atoms with Crippen LogP contribution in [0.1, 0.15) is 61.6 Å². The number of rotatable bonds is 4. The van der Waals surface area contributed by atoms with Crippen LogP contribution in [-0.4, -0.2) is 23.3 Å². The van der Waals surface area contributed by atoms with Crippen LogP contribution >= 0.6 is 0 Å². The molecule has 5 fully saturated rings. The first kappa shape index (κ1) is 17.5. The molecule has 1 aromatic carbocycles. The largest absolute Gasteiger partial charge is 0.282 e. The molecule has 144 valence electrons. The van der Waals surface area contributed by atoms with Gasteiger partial charge >= 0.3 is 0 Å². The van der Waals surface area contributed by atoms with Crippen molar-refractivity contribution in [3.63, 3.8) is 0 Å². The zero-order chi connectivity index (χ0) is 18.8. The minimum atomic E-state index is -0.160. The number of nitrogens with zero attached hydrogens (tertiary/aromatic N) is 1. The van der Waals surface area contributed by atoms with E-state index in [0.717, 1.165) is 17.8 Å². The number of aryl methyl sites for hydroxylation is 2. The van der Waals surface area contributed by atoms with E-state index < -0.39 is 0 Å². The average Bonchev–Trinajstić information content (AvgIpc) is 2.80. The Kier molecular flexibility index (Phi) is 4.00. The van der Waals surface area contributed by atoms with Crippen LogP contribution in [0.25, 0.3) is 0 Å². The first-order chi connectivity index (χ1) is 12.9. The lowest BCUT2D eigenvalue weighted by molar-refractivity contribution is -0.145. The van der Waals surface area contributed by atoms with Crippen molar-refractivity contribution in [2.24, 2.45) is 29.1 Å². The molecule has 0 aromatic heterocycles. The number of imide groups is 1. The van der Waals surface area contributed by atoms with Gasteiger partial charge in [-0.2, -0.15) is 0 Å². The molecule has 1 aromatic rings. The first-order valence-electron chi connectivity index (χ1n) is 10.8. The molecule has 4 aliphatic carbocycles. The second-order valence-electron chi connectivity index (χ2n) is 10.3. The number of amides is 2. The molecule has 4 bridgehead atoms. The number of carbonyl (C=O) groups excluding carboxylic acids is 2. The highest BCUT2D eigenvalue weighted by molar-refractivity contribution is 6.03. The number of likely N-dealkylation sites (tertiary alicyclic amines) is 1. The van der Waals surface area contributed by atoms with Crippen LogP contribution in [0.15, 0.2) is 18.2 Å². The minimum absolute atomic E-state index is 0.0742. The van der Waals surface area contributed by atoms with Crippen molar-refractivity contribution in [2.75, 3.05) is 6.54 Å². The minimum Gasteiger partial charge on any atom is -0.282 e. The van der Waals surface area contributed by atoms with Gasteiger partial charge in [-0.05, 0) is 87.5 Å². The van der Waals surface area contributed by atoms with Crippen molar-refractivity contribution in [3.8, 4) is 0 Å². The topological polar surface area (TPSA) is 37.4 Å². The number of carbonyl (C=O) groups is 2. The summed E-state index contributed by atoms with van der Waals surface area (Å²) in [7, 11) is 0. The SMILES string of the molecule is Cc1cc(C)cc(CC2CC(=O)N(CC34CC5CC(CC(C5)C3)C4)C2=O)c1. The van der Waals surface area contributed by atoms with Gasteiger partial charge in [-0.3, -0.25) is 14.5 Å². The zero-order valence-corrected chi connectivity index (χ0v) is 16.7. The molecule has 0 radical (unpaired) electrons. The van der Waals surface area contributed by atoms with Gasteiger partial charge in [-0.25, -0.2) is 0 Å². The smallest absolute Gasteiger partial charge is 0.233 e. The van der Waals surface area contributed by atoms with E-state index >= 15 is 0 Å². The maximum atomic E-state index is 13.1. The second kappa shape index (κ2) is 6.18. The van der Waals surface area contributed by atoms with Crippen LogP contribution in [0.3, 0.4) is 0 Å². The Morgan fingerprint density at radius 3 is 2.04 bits per heavy atom. The molecular weight excluding hydrogens is 334 g/mol. The predicted octanol–water partition coefficient (Wildman–Crippen LogP) is 4.44. The Morgan fingerprint density at radius 1 is 0.926 bits per heavy atom. The molecule has 5 aliphatic rings. The molecule has 1 heterocycles. The fourth-order valence-electron chi connectivity index (χ4n) is 7.37. The summed E-state index contributed by atoms with van der Waals surface area (Å²) in [4.78, 5) is 27.5. The highest BCUT2D eigenvalue weighted by Crippen LogP contribution is 2.60. The summed E-state index contributed by atoms with van der Waals surface area (Å²) in [5.41, 5.74) is 3.89. The van der Waals surface area contributed by atoms with Gasteiger partial charge in [-0.15, -0.1) is 0 Å². The molecular formula is C24H31NO2. The van der Waals surface area contributed by atoms with Crippen molar-refractivity contribution < 1.29 is 9.59 Å². The lowest BCUT2D eigenvalue weighted by Gasteiger charge is -2.57. The molecule has 3 nitrogen and oxygen atoms in total. The quantitative estimate of drug-likeness (QED) is 0.740. The summed E-state index contributed by atoms with van der Waals surface area (Å²) in [5, 5.41) is 0. The fraction of sp³-hybridized carbons (Fsp3) is 0.667. The van der Waals surface area contributed by atoms with E-state index in [0.29, 0.717) is 19.4 Å². The van der Waals surface area contributed by atoms with E-state index in [1.54, 1.807) is 4.90 Å². The second-order valence-corrected chi connectivity index (χ2v) is 10.3. The third-order valence-corrected chi connectivity index (χ3v) is 7.76. The maximum Gasteiger partial charge on any atom is 0.233 e. The van der Waals surface area contributed by atoms with Crippen LogP contribution in [0.4, 0.5) is 0 Å². The summed E-state index contributed by atoms with van der Waals surface area (Å²) in [5.74, 6) is 2.58. The predicted molar refractivity (Wildman–Crippen MR) is 105 cm³/mol. The van der Waals surface area contributed by atoms with Gasteiger partial charge in [0.1, 0.15) is 0 Å². The maximum absolute atomic E-state index is 13.1. The first-order valence-corrected chi connectivity index (χ1v) is 10.8. The highest BCUT2D eigenvalue weighted by Gasteiger charge is 2.53. The molecule has 1 aliphatic heterocycles. The van der Waals surface area contributed by atoms with Crippen molar-refractivity contribution >= 4 is 11.8 Å². The molecule has 0 spiro atoms. The van der Waals surface area contributed by atoms with Gasteiger partial charge in [0.2, 0.25) is 11.8 Å². The molecule has 3 heteroatoms. The van der Waals surface area contributed by atoms with Gasteiger partial charge in [0.05, 0.1) is 5.92 Å². The molecule has 6 rings (SSSR count). The molecule has 1 atom stereocenters. The average molecular weight is 366 g/mol. The lowest BCUT2D eigenvalue weighted by Crippen LogP contribution is -2.52. The van der Waals surface area contributed by atoms with Crippen molar-refractivity contribution in [1.82, 2.24) is 4.90 Å². The van der Waals surface area contributed by atoms with Crippen molar-refractivity contribution in [2.45, 2.75) is 65.2 Å². The Hall–Kier alpha value is -1.64. The molecule has 4 saturated carbocycles. The Morgan fingerprint density at radius 2 is 1.48 bits per heavy atom. The number of hydrogen-bond donors (Lipinski definition) is 0. The van der Waals surface area contributed by atoms with Crippen LogP contribution in [-0.2, 0) is 16.0 Å². The Bertz CT molecular complexity index is 740. The van der Waals surface area contributed by atoms with E-state index in [2.05, 4.69) is 32.0 Å². The number of hydrogen-bond acceptors (Lipinski definition) is 2. The van der Waals surface area contributed by atoms with Gasteiger partial charge in [0, 0.05) is 13.0 Å². The number of benzene rings is 1. The zero-order valence-electron chi connectivity index (χ0n) is 16.7. The van der Waals surface area contributed by atoms with Crippen molar-refractivity contribution in [3.05, 3.63) is 34.9 Å². The fourth-order valence-corrected chi connectivity index (χ4v) is 7.37. The summed E-state index contributed by atoms with van der Waals surface area (Å²) < 4.78 is 0. The normalized spacial score (nSPS) is 37.5. The molecule has 2 amide bonds. The van der Waals surface area contributed by atoms with Crippen molar-refractivity contribution in [1.29, 1.82) is 0 Å². The molecule has 1 saturated heterocycles. The van der Waals surface area contributed by atoms with Crippen LogP contribution in [0.2, 0.25) is 0 Å². The summed E-state index contributed by atoms with van der Waals surface area (Å²) in [6.45, 7) is 4.90. The lowest BCUT2D eigenvalue weighted by atomic mass is 9.49. The van der Waals surface area contributed by atoms with E-state index in [1.165, 1.54) is 55.2 Å². The Balaban J connectivity index is 1.31. The highest BCUT2D eigenvalue weighted by atomic mass is 16.2. The third kappa shape index (κ3) is 3.13. The van der Waals surface area contributed by atoms with Gasteiger partial charge < -0.3 is 0 Å². The van der Waals surface area contributed by atoms with Gasteiger partial charge in [0.15, 0.2) is 0 Å². The standard InChI is InChI=1S/C24H31NO2/c1-15-3-16(2)5-17(4-15)9-21-10-22(26)25(23(21)27)14-24-11-18-6-19(12-24)8-20(7-18)13-24/h3-5,18-21H,6-14H2,1-2H3. The van der Waals surface area contributed by atoms with E-state index in [1.807, 2.05) is 0 Å². The van der Waals surface area contributed by atoms with Gasteiger partial charge in [0.25, 0.3) is 0 Å². The molecule has 0 N–H and O–H groups in total. The molecule has 1 unspecified atom stereocenters. The van der Waals surface area contributed by atoms with E-state index in [9.17, 15) is 9.59 Å². The van der Waals surface area contributed by atoms with Gasteiger partial charge in [-0.1, -0.05) is 29.3 Å². The van der Waals surface area contributed by atoms with Crippen LogP contribution in [0, 0.1) is 42.9 Å². The van der Waals surface area contributed by atoms with E-state index in [-0.39, 0.29) is 23.1 Å². The molecule has 27 heavy (non-hydrogen) atoms. The Labute approximate surface area is 162 Å². The van der Waals surface area contributed by atoms with Crippen LogP contribution in [0.5, 0.6) is 0 Å².